The summed E-state index contributed by atoms with van der Waals surface area (Å²) >= 11 is 12.6. The third-order valence-corrected chi connectivity index (χ3v) is 6.19. The summed E-state index contributed by atoms with van der Waals surface area (Å²) in [6.45, 7) is 5.44. The lowest BCUT2D eigenvalue weighted by Gasteiger charge is -2.49. The molecule has 1 atom stereocenters. The number of hydrogen-bond donors (Lipinski definition) is 1. The SMILES string of the molecule is CC(C)(C)[N]C(=O)C1(C(C(=O)O)(c2ccc(Cl)cc2Cl)n2cncn2)CCCCC1. The lowest BCUT2D eigenvalue weighted by Crippen LogP contribution is -2.63. The Morgan fingerprint density at radius 1 is 1.17 bits per heavy atom. The van der Waals surface area contributed by atoms with Crippen molar-refractivity contribution in [2.24, 2.45) is 5.41 Å². The number of carbonyl (C=O) groups is 2. The molecule has 0 spiro atoms. The van der Waals surface area contributed by atoms with E-state index in [0.29, 0.717) is 30.7 Å². The van der Waals surface area contributed by atoms with Gasteiger partial charge in [0.2, 0.25) is 5.54 Å². The number of halogens is 2. The molecule has 1 radical (unpaired) electrons. The zero-order valence-corrected chi connectivity index (χ0v) is 18.7. The largest absolute Gasteiger partial charge is 0.479 e. The van der Waals surface area contributed by atoms with Crippen LogP contribution in [-0.2, 0) is 15.1 Å². The molecule has 1 N–H and O–H groups in total. The molecule has 1 amide bonds. The van der Waals surface area contributed by atoms with Crippen molar-refractivity contribution in [1.29, 1.82) is 0 Å². The smallest absolute Gasteiger partial charge is 0.337 e. The monoisotopic (exact) mass is 451 g/mol. The normalized spacial score (nSPS) is 18.4. The third kappa shape index (κ3) is 3.69. The lowest BCUT2D eigenvalue weighted by molar-refractivity contribution is -0.164. The maximum absolute atomic E-state index is 13.8. The van der Waals surface area contributed by atoms with Gasteiger partial charge in [-0.2, -0.15) is 5.10 Å². The van der Waals surface area contributed by atoms with Crippen LogP contribution in [0.5, 0.6) is 0 Å². The fourth-order valence-corrected chi connectivity index (χ4v) is 5.03. The van der Waals surface area contributed by atoms with E-state index in [1.807, 2.05) is 20.8 Å². The lowest BCUT2D eigenvalue weighted by atomic mass is 9.58. The second kappa shape index (κ2) is 8.19. The number of aliphatic carboxylic acids is 1. The Bertz CT molecular complexity index is 934. The average molecular weight is 452 g/mol. The van der Waals surface area contributed by atoms with E-state index in [2.05, 4.69) is 15.4 Å². The zero-order valence-electron chi connectivity index (χ0n) is 17.2. The van der Waals surface area contributed by atoms with Gasteiger partial charge < -0.3 is 5.11 Å². The maximum Gasteiger partial charge on any atom is 0.337 e. The fourth-order valence-electron chi connectivity index (χ4n) is 4.48. The summed E-state index contributed by atoms with van der Waals surface area (Å²) in [5.41, 5.74) is -3.73. The van der Waals surface area contributed by atoms with Crippen LogP contribution in [0.1, 0.15) is 58.4 Å². The second-order valence-electron chi connectivity index (χ2n) is 8.71. The van der Waals surface area contributed by atoms with Crippen molar-refractivity contribution in [3.8, 4) is 0 Å². The Morgan fingerprint density at radius 3 is 2.33 bits per heavy atom. The van der Waals surface area contributed by atoms with Gasteiger partial charge in [-0.1, -0.05) is 48.5 Å². The molecule has 30 heavy (non-hydrogen) atoms. The minimum absolute atomic E-state index is 0.147. The summed E-state index contributed by atoms with van der Waals surface area (Å²) in [4.78, 5) is 30.9. The van der Waals surface area contributed by atoms with Crippen molar-refractivity contribution in [3.05, 3.63) is 46.5 Å². The van der Waals surface area contributed by atoms with Crippen molar-refractivity contribution in [2.45, 2.75) is 64.0 Å². The number of aromatic nitrogens is 3. The van der Waals surface area contributed by atoms with Gasteiger partial charge in [0.1, 0.15) is 12.7 Å². The first-order chi connectivity index (χ1) is 14.0. The van der Waals surface area contributed by atoms with Crippen molar-refractivity contribution >= 4 is 35.1 Å². The van der Waals surface area contributed by atoms with E-state index in [-0.39, 0.29) is 10.6 Å². The van der Waals surface area contributed by atoms with Gasteiger partial charge in [-0.25, -0.2) is 19.8 Å². The van der Waals surface area contributed by atoms with Crippen molar-refractivity contribution in [2.75, 3.05) is 0 Å². The summed E-state index contributed by atoms with van der Waals surface area (Å²) in [6.07, 6.45) is 5.56. The van der Waals surface area contributed by atoms with Crippen LogP contribution in [0.2, 0.25) is 10.0 Å². The minimum atomic E-state index is -1.92. The van der Waals surface area contributed by atoms with Gasteiger partial charge in [0, 0.05) is 15.6 Å². The number of carboxylic acid groups (broad SMARTS) is 1. The van der Waals surface area contributed by atoms with Crippen molar-refractivity contribution in [1.82, 2.24) is 20.1 Å². The molecule has 1 aliphatic rings. The molecule has 9 heteroatoms. The van der Waals surface area contributed by atoms with Crippen molar-refractivity contribution < 1.29 is 14.7 Å². The first kappa shape index (κ1) is 22.6. The summed E-state index contributed by atoms with van der Waals surface area (Å²) in [5.74, 6) is -1.70. The highest BCUT2D eigenvalue weighted by Crippen LogP contribution is 2.54. The molecule has 0 saturated heterocycles. The molecule has 1 saturated carbocycles. The van der Waals surface area contributed by atoms with Gasteiger partial charge in [-0.05, 0) is 45.7 Å². The van der Waals surface area contributed by atoms with E-state index in [9.17, 15) is 14.7 Å². The van der Waals surface area contributed by atoms with Gasteiger partial charge in [0.15, 0.2) is 0 Å². The number of hydrogen-bond acceptors (Lipinski definition) is 4. The Morgan fingerprint density at radius 2 is 1.83 bits per heavy atom. The Hall–Kier alpha value is -2.12. The van der Waals surface area contributed by atoms with E-state index in [0.717, 1.165) is 6.42 Å². The van der Waals surface area contributed by atoms with Crippen molar-refractivity contribution in [3.63, 3.8) is 0 Å². The second-order valence-corrected chi connectivity index (χ2v) is 9.55. The van der Waals surface area contributed by atoms with Gasteiger partial charge >= 0.3 is 5.97 Å². The van der Waals surface area contributed by atoms with Crippen LogP contribution in [0.15, 0.2) is 30.9 Å². The quantitative estimate of drug-likeness (QED) is 0.730. The Kier molecular flexibility index (Phi) is 6.16. The first-order valence-corrected chi connectivity index (χ1v) is 10.6. The van der Waals surface area contributed by atoms with E-state index in [1.54, 1.807) is 12.1 Å². The zero-order chi connectivity index (χ0) is 22.2. The Balaban J connectivity index is 2.39. The predicted octanol–water partition coefficient (Wildman–Crippen LogP) is 4.29. The summed E-state index contributed by atoms with van der Waals surface area (Å²) in [7, 11) is 0. The number of benzene rings is 1. The van der Waals surface area contributed by atoms with E-state index >= 15 is 0 Å². The fraction of sp³-hybridized carbons (Fsp3) is 0.524. The van der Waals surface area contributed by atoms with Crippen LogP contribution in [0, 0.1) is 5.41 Å². The summed E-state index contributed by atoms with van der Waals surface area (Å²) in [5, 5.41) is 19.8. The van der Waals surface area contributed by atoms with E-state index in [1.165, 1.54) is 23.4 Å². The number of carbonyl (C=O) groups excluding carboxylic acids is 1. The van der Waals surface area contributed by atoms with Crippen LogP contribution >= 0.6 is 23.2 Å². The molecule has 3 rings (SSSR count). The highest BCUT2D eigenvalue weighted by atomic mass is 35.5. The topological polar surface area (TPSA) is 99.2 Å². The van der Waals surface area contributed by atoms with Crippen LogP contribution in [0.3, 0.4) is 0 Å². The van der Waals surface area contributed by atoms with Crippen LogP contribution in [0.4, 0.5) is 0 Å². The van der Waals surface area contributed by atoms with Gasteiger partial charge in [0.25, 0.3) is 5.91 Å². The highest BCUT2D eigenvalue weighted by molar-refractivity contribution is 6.35. The standard InChI is InChI=1S/C21H25Cl2N4O3/c1-19(2,3)26-17(28)20(9-5-4-6-10-20)21(18(29)30,27-13-24-12-25-27)15-8-7-14(22)11-16(15)23/h7-8,11-13H,4-6,9-10H2,1-3H3,(H,29,30). The predicted molar refractivity (Wildman–Crippen MR) is 114 cm³/mol. The number of carboxylic acids is 1. The molecule has 0 aliphatic heterocycles. The number of rotatable bonds is 5. The molecule has 161 valence electrons. The molecule has 0 bridgehead atoms. The minimum Gasteiger partial charge on any atom is -0.479 e. The molecule has 1 aromatic carbocycles. The Labute approximate surface area is 185 Å². The van der Waals surface area contributed by atoms with Gasteiger partial charge in [-0.3, -0.25) is 4.79 Å². The molecule has 7 nitrogen and oxygen atoms in total. The molecule has 1 aliphatic carbocycles. The highest BCUT2D eigenvalue weighted by Gasteiger charge is 2.65. The average Bonchev–Trinajstić information content (AvgIpc) is 3.17. The van der Waals surface area contributed by atoms with E-state index in [4.69, 9.17) is 23.2 Å². The number of amides is 1. The van der Waals surface area contributed by atoms with E-state index < -0.39 is 28.4 Å². The molecule has 1 heterocycles. The van der Waals surface area contributed by atoms with Crippen LogP contribution in [-0.4, -0.2) is 37.3 Å². The number of nitrogens with zero attached hydrogens (tertiary/aromatic N) is 4. The first-order valence-electron chi connectivity index (χ1n) is 9.86. The molecular formula is C21H25Cl2N4O3. The maximum atomic E-state index is 13.8. The molecular weight excluding hydrogens is 427 g/mol. The van der Waals surface area contributed by atoms with Crippen LogP contribution < -0.4 is 5.32 Å². The van der Waals surface area contributed by atoms with Crippen LogP contribution in [0.25, 0.3) is 0 Å². The third-order valence-electron chi connectivity index (χ3n) is 5.64. The van der Waals surface area contributed by atoms with Gasteiger partial charge in [-0.15, -0.1) is 0 Å². The molecule has 1 unspecified atom stereocenters. The molecule has 1 fully saturated rings. The van der Waals surface area contributed by atoms with Gasteiger partial charge in [0.05, 0.1) is 11.0 Å². The molecule has 1 aromatic heterocycles. The summed E-state index contributed by atoms with van der Waals surface area (Å²) in [6, 6.07) is 4.61. The molecule has 2 aromatic rings. The summed E-state index contributed by atoms with van der Waals surface area (Å²) < 4.78 is 1.24.